The summed E-state index contributed by atoms with van der Waals surface area (Å²) in [5, 5.41) is 17.8. The van der Waals surface area contributed by atoms with Crippen LogP contribution in [0.1, 0.15) is 11.7 Å². The molecule has 1 unspecified atom stereocenters. The fourth-order valence-electron chi connectivity index (χ4n) is 3.40. The number of carbonyl (C=O) groups is 2. The van der Waals surface area contributed by atoms with Gasteiger partial charge < -0.3 is 4.74 Å². The summed E-state index contributed by atoms with van der Waals surface area (Å²) in [5.41, 5.74) is 1.33. The van der Waals surface area contributed by atoms with Gasteiger partial charge >= 0.3 is 5.97 Å². The molecule has 1 atom stereocenters. The van der Waals surface area contributed by atoms with E-state index in [0.29, 0.717) is 10.9 Å². The predicted molar refractivity (Wildman–Crippen MR) is 101 cm³/mol. The summed E-state index contributed by atoms with van der Waals surface area (Å²) >= 11 is 0. The second kappa shape index (κ2) is 6.19. The lowest BCUT2D eigenvalue weighted by molar-refractivity contribution is -0.143. The molecule has 0 amide bonds. The number of nitrogens with one attached hydrogen (secondary N) is 2. The van der Waals surface area contributed by atoms with Crippen LogP contribution >= 0.6 is 0 Å². The van der Waals surface area contributed by atoms with E-state index in [9.17, 15) is 14.4 Å². The molecule has 0 bridgehead atoms. The maximum absolute atomic E-state index is 12.8. The van der Waals surface area contributed by atoms with Crippen LogP contribution in [0.4, 0.5) is 5.82 Å². The number of hydrogen-bond donors (Lipinski definition) is 2. The summed E-state index contributed by atoms with van der Waals surface area (Å²) in [6.45, 7) is 1.75. The number of nitrogens with zero attached hydrogens (tertiary/aromatic N) is 5. The summed E-state index contributed by atoms with van der Waals surface area (Å²) in [5.74, 6) is -1.28. The fraction of sp³-hybridized carbons (Fsp3) is 0.167. The van der Waals surface area contributed by atoms with E-state index < -0.39 is 23.5 Å². The van der Waals surface area contributed by atoms with Crippen molar-refractivity contribution in [2.75, 3.05) is 6.61 Å². The van der Waals surface area contributed by atoms with Gasteiger partial charge in [0.2, 0.25) is 6.04 Å². The third-order valence-electron chi connectivity index (χ3n) is 4.62. The van der Waals surface area contributed by atoms with Gasteiger partial charge in [0.1, 0.15) is 0 Å². The zero-order chi connectivity index (χ0) is 20.1. The van der Waals surface area contributed by atoms with Gasteiger partial charge in [-0.1, -0.05) is 30.3 Å². The molecule has 0 radical (unpaired) electrons. The minimum absolute atomic E-state index is 0.116. The largest absolute Gasteiger partial charge is 0.464 e. The first kappa shape index (κ1) is 17.0. The van der Waals surface area contributed by atoms with Crippen molar-refractivity contribution in [2.45, 2.75) is 13.0 Å². The lowest BCUT2D eigenvalue weighted by Crippen LogP contribution is -2.36. The van der Waals surface area contributed by atoms with E-state index in [1.807, 2.05) is 30.3 Å². The number of carbonyl (C=O) groups excluding carboxylic acids is 2. The number of esters is 1. The van der Waals surface area contributed by atoms with Crippen LogP contribution in [0, 0.1) is 0 Å². The summed E-state index contributed by atoms with van der Waals surface area (Å²) < 4.78 is 5.99. The lowest BCUT2D eigenvalue weighted by atomic mass is 10.0. The standard InChI is InChI=1S/C18H13N7O4/c1-2-29-18(28)12-17(27)25-15(22-20-12)10-9(8-6-4-3-5-7-8)11-13(19-14(10)24-25)21-23-16(11)26/h3-7,12H,2H2,1H3,(H,23,26)(H,19,21,24). The molecule has 144 valence electrons. The molecular weight excluding hydrogens is 378 g/mol. The monoisotopic (exact) mass is 391 g/mol. The van der Waals surface area contributed by atoms with Gasteiger partial charge in [0, 0.05) is 5.56 Å². The molecule has 11 nitrogen and oxygen atoms in total. The Bertz CT molecular complexity index is 1380. The maximum Gasteiger partial charge on any atom is 0.342 e. The summed E-state index contributed by atoms with van der Waals surface area (Å²) in [7, 11) is 0. The SMILES string of the molecule is CCOC(=O)C1N=Nc2c3c(-c4ccccc4)c4c(=O)[nH]nc4nc3[nH]n2C1=O. The van der Waals surface area contributed by atoms with Crippen LogP contribution < -0.4 is 5.56 Å². The molecule has 0 saturated heterocycles. The van der Waals surface area contributed by atoms with Crippen LogP contribution in [-0.4, -0.2) is 49.5 Å². The van der Waals surface area contributed by atoms with Crippen molar-refractivity contribution in [3.05, 3.63) is 40.7 Å². The van der Waals surface area contributed by atoms with Crippen LogP contribution in [0.25, 0.3) is 33.2 Å². The highest BCUT2D eigenvalue weighted by atomic mass is 16.5. The zero-order valence-corrected chi connectivity index (χ0v) is 15.0. The number of benzene rings is 1. The van der Waals surface area contributed by atoms with Gasteiger partial charge in [-0.3, -0.25) is 14.7 Å². The normalized spacial score (nSPS) is 15.8. The Morgan fingerprint density at radius 2 is 2.00 bits per heavy atom. The highest BCUT2D eigenvalue weighted by Crippen LogP contribution is 2.39. The molecule has 11 heteroatoms. The van der Waals surface area contributed by atoms with Crippen LogP contribution in [0.5, 0.6) is 0 Å². The first-order valence-electron chi connectivity index (χ1n) is 8.80. The summed E-state index contributed by atoms with van der Waals surface area (Å²) in [6.07, 6.45) is 0. The van der Waals surface area contributed by atoms with E-state index in [-0.39, 0.29) is 29.1 Å². The fourth-order valence-corrected chi connectivity index (χ4v) is 3.40. The number of aromatic amines is 2. The van der Waals surface area contributed by atoms with Gasteiger partial charge in [0.05, 0.1) is 17.4 Å². The summed E-state index contributed by atoms with van der Waals surface area (Å²) in [4.78, 5) is 41.6. The van der Waals surface area contributed by atoms with E-state index in [2.05, 4.69) is 30.5 Å². The number of aromatic nitrogens is 5. The molecule has 0 spiro atoms. The number of H-pyrrole nitrogens is 2. The molecule has 3 aromatic heterocycles. The second-order valence-electron chi connectivity index (χ2n) is 6.31. The minimum atomic E-state index is -1.40. The Labute approximate surface area is 161 Å². The molecule has 5 rings (SSSR count). The number of fused-ring (bicyclic) bond motifs is 4. The van der Waals surface area contributed by atoms with Crippen molar-refractivity contribution in [3.63, 3.8) is 0 Å². The van der Waals surface area contributed by atoms with Crippen molar-refractivity contribution in [3.8, 4) is 11.1 Å². The molecule has 0 fully saturated rings. The predicted octanol–water partition coefficient (Wildman–Crippen LogP) is 1.94. The van der Waals surface area contributed by atoms with Crippen molar-refractivity contribution < 1.29 is 14.3 Å². The minimum Gasteiger partial charge on any atom is -0.464 e. The molecular formula is C18H13N7O4. The number of azo groups is 1. The van der Waals surface area contributed by atoms with Crippen molar-refractivity contribution in [1.82, 2.24) is 25.0 Å². The van der Waals surface area contributed by atoms with Crippen molar-refractivity contribution in [1.29, 1.82) is 0 Å². The van der Waals surface area contributed by atoms with Crippen LogP contribution in [0.2, 0.25) is 0 Å². The average Bonchev–Trinajstić information content (AvgIpc) is 3.28. The van der Waals surface area contributed by atoms with Crippen molar-refractivity contribution >= 4 is 39.8 Å². The third kappa shape index (κ3) is 2.40. The molecule has 2 N–H and O–H groups in total. The highest BCUT2D eigenvalue weighted by molar-refractivity contribution is 6.14. The average molecular weight is 391 g/mol. The Morgan fingerprint density at radius 1 is 1.21 bits per heavy atom. The van der Waals surface area contributed by atoms with E-state index in [1.54, 1.807) is 6.92 Å². The highest BCUT2D eigenvalue weighted by Gasteiger charge is 2.36. The molecule has 0 saturated carbocycles. The number of hydrogen-bond acceptors (Lipinski definition) is 8. The number of rotatable bonds is 3. The van der Waals surface area contributed by atoms with E-state index in [4.69, 9.17) is 4.74 Å². The zero-order valence-electron chi connectivity index (χ0n) is 15.0. The van der Waals surface area contributed by atoms with Gasteiger partial charge in [-0.25, -0.2) is 14.9 Å². The van der Waals surface area contributed by atoms with Crippen LogP contribution in [0.3, 0.4) is 0 Å². The smallest absolute Gasteiger partial charge is 0.342 e. The molecule has 1 aliphatic heterocycles. The van der Waals surface area contributed by atoms with Gasteiger partial charge in [0.25, 0.3) is 11.5 Å². The van der Waals surface area contributed by atoms with Gasteiger partial charge in [0.15, 0.2) is 17.1 Å². The molecule has 4 heterocycles. The van der Waals surface area contributed by atoms with Crippen LogP contribution in [0.15, 0.2) is 45.4 Å². The molecule has 1 aromatic carbocycles. The maximum atomic E-state index is 12.8. The first-order valence-corrected chi connectivity index (χ1v) is 8.80. The molecule has 4 aromatic rings. The number of ether oxygens (including phenoxy) is 1. The van der Waals surface area contributed by atoms with Crippen LogP contribution in [-0.2, 0) is 9.53 Å². The molecule has 1 aliphatic rings. The second-order valence-corrected chi connectivity index (χ2v) is 6.31. The molecule has 0 aliphatic carbocycles. The Balaban J connectivity index is 1.83. The number of pyridine rings is 1. The Kier molecular flexibility index (Phi) is 3.63. The van der Waals surface area contributed by atoms with E-state index in [0.717, 1.165) is 10.2 Å². The van der Waals surface area contributed by atoms with Crippen molar-refractivity contribution in [2.24, 2.45) is 10.2 Å². The lowest BCUT2D eigenvalue weighted by Gasteiger charge is -2.14. The Morgan fingerprint density at radius 3 is 2.76 bits per heavy atom. The summed E-state index contributed by atoms with van der Waals surface area (Å²) in [6, 6.07) is 7.75. The third-order valence-corrected chi connectivity index (χ3v) is 4.62. The van der Waals surface area contributed by atoms with Gasteiger partial charge in [-0.05, 0) is 12.5 Å². The first-order chi connectivity index (χ1) is 14.1. The Hall–Kier alpha value is -4.15. The quantitative estimate of drug-likeness (QED) is 0.403. The van der Waals surface area contributed by atoms with Gasteiger partial charge in [-0.15, -0.1) is 5.11 Å². The molecule has 29 heavy (non-hydrogen) atoms. The van der Waals surface area contributed by atoms with E-state index >= 15 is 0 Å². The van der Waals surface area contributed by atoms with E-state index in [1.165, 1.54) is 0 Å². The topological polar surface area (TPSA) is 147 Å². The van der Waals surface area contributed by atoms with Gasteiger partial charge in [-0.2, -0.15) is 14.9 Å².